The Labute approximate surface area is 121 Å². The van der Waals surface area contributed by atoms with E-state index in [1.165, 1.54) is 11.3 Å². The van der Waals surface area contributed by atoms with Crippen LogP contribution in [0.25, 0.3) is 0 Å². The molecule has 1 aliphatic heterocycles. The summed E-state index contributed by atoms with van der Waals surface area (Å²) in [5.74, 6) is 0.968. The number of pyridine rings is 1. The highest BCUT2D eigenvalue weighted by atomic mass is 32.1. The van der Waals surface area contributed by atoms with Gasteiger partial charge in [-0.3, -0.25) is 9.69 Å². The third-order valence-electron chi connectivity index (χ3n) is 3.15. The Morgan fingerprint density at radius 1 is 1.30 bits per heavy atom. The van der Waals surface area contributed by atoms with Gasteiger partial charge in [-0.25, -0.2) is 4.98 Å². The molecule has 0 saturated carbocycles. The SMILES string of the molecule is O=C(Nc1ccc(N2CCOCC2)[nH+]c1)c1cccs1. The van der Waals surface area contributed by atoms with Crippen molar-refractivity contribution < 1.29 is 14.5 Å². The fraction of sp³-hybridized carbons (Fsp3) is 0.286. The molecule has 3 rings (SSSR count). The van der Waals surface area contributed by atoms with Crippen molar-refractivity contribution in [1.82, 2.24) is 0 Å². The zero-order valence-electron chi connectivity index (χ0n) is 11.0. The fourth-order valence-corrected chi connectivity index (χ4v) is 2.71. The molecular formula is C14H16N3O2S+. The maximum absolute atomic E-state index is 11.9. The summed E-state index contributed by atoms with van der Waals surface area (Å²) < 4.78 is 5.33. The minimum Gasteiger partial charge on any atom is -0.373 e. The second-order valence-corrected chi connectivity index (χ2v) is 5.44. The lowest BCUT2D eigenvalue weighted by Gasteiger charge is -2.21. The first-order valence-electron chi connectivity index (χ1n) is 6.52. The van der Waals surface area contributed by atoms with Gasteiger partial charge in [-0.15, -0.1) is 11.3 Å². The van der Waals surface area contributed by atoms with Crippen LogP contribution in [0.3, 0.4) is 0 Å². The molecule has 0 atom stereocenters. The number of amides is 1. The molecule has 6 heteroatoms. The molecule has 0 bridgehead atoms. The highest BCUT2D eigenvalue weighted by Gasteiger charge is 2.18. The van der Waals surface area contributed by atoms with E-state index in [4.69, 9.17) is 4.74 Å². The number of carbonyl (C=O) groups is 1. The molecule has 1 fully saturated rings. The third-order valence-corrected chi connectivity index (χ3v) is 4.02. The highest BCUT2D eigenvalue weighted by molar-refractivity contribution is 7.12. The number of morpholine rings is 1. The van der Waals surface area contributed by atoms with Gasteiger partial charge in [-0.2, -0.15) is 0 Å². The lowest BCUT2D eigenvalue weighted by Crippen LogP contribution is -2.39. The van der Waals surface area contributed by atoms with Gasteiger partial charge in [0.15, 0.2) is 0 Å². The van der Waals surface area contributed by atoms with Gasteiger partial charge in [0.1, 0.15) is 19.3 Å². The second kappa shape index (κ2) is 6.02. The van der Waals surface area contributed by atoms with Gasteiger partial charge >= 0.3 is 0 Å². The summed E-state index contributed by atoms with van der Waals surface area (Å²) >= 11 is 1.43. The van der Waals surface area contributed by atoms with Crippen molar-refractivity contribution in [2.75, 3.05) is 36.5 Å². The van der Waals surface area contributed by atoms with E-state index in [-0.39, 0.29) is 5.91 Å². The van der Waals surface area contributed by atoms with Crippen molar-refractivity contribution >= 4 is 28.7 Å². The van der Waals surface area contributed by atoms with Crippen LogP contribution in [0.15, 0.2) is 35.8 Å². The van der Waals surface area contributed by atoms with Crippen LogP contribution >= 0.6 is 11.3 Å². The molecule has 0 aromatic carbocycles. The first kappa shape index (κ1) is 13.1. The summed E-state index contributed by atoms with van der Waals surface area (Å²) in [5, 5.41) is 4.76. The minimum absolute atomic E-state index is 0.0764. The van der Waals surface area contributed by atoms with Crippen LogP contribution in [-0.4, -0.2) is 32.2 Å². The number of anilines is 2. The molecule has 0 spiro atoms. The van der Waals surface area contributed by atoms with E-state index in [9.17, 15) is 4.79 Å². The minimum atomic E-state index is -0.0764. The second-order valence-electron chi connectivity index (χ2n) is 4.49. The number of hydrogen-bond donors (Lipinski definition) is 1. The van der Waals surface area contributed by atoms with Gasteiger partial charge in [0, 0.05) is 6.07 Å². The van der Waals surface area contributed by atoms with Gasteiger partial charge in [0.25, 0.3) is 11.7 Å². The third kappa shape index (κ3) is 2.97. The average molecular weight is 290 g/mol. The van der Waals surface area contributed by atoms with E-state index in [0.29, 0.717) is 4.88 Å². The zero-order chi connectivity index (χ0) is 13.8. The Bertz CT molecular complexity index is 563. The van der Waals surface area contributed by atoms with E-state index >= 15 is 0 Å². The number of thiophene rings is 1. The molecule has 0 unspecified atom stereocenters. The van der Waals surface area contributed by atoms with Gasteiger partial charge < -0.3 is 10.1 Å². The molecule has 5 nitrogen and oxygen atoms in total. The molecule has 3 heterocycles. The van der Waals surface area contributed by atoms with E-state index in [1.807, 2.05) is 35.8 Å². The van der Waals surface area contributed by atoms with Crippen LogP contribution in [0.2, 0.25) is 0 Å². The van der Waals surface area contributed by atoms with Crippen molar-refractivity contribution in [3.63, 3.8) is 0 Å². The van der Waals surface area contributed by atoms with Crippen LogP contribution in [-0.2, 0) is 4.74 Å². The molecule has 2 aromatic rings. The Hall–Kier alpha value is -1.92. The predicted molar refractivity (Wildman–Crippen MR) is 78.3 cm³/mol. The van der Waals surface area contributed by atoms with Gasteiger partial charge in [-0.1, -0.05) is 6.07 Å². The van der Waals surface area contributed by atoms with Crippen molar-refractivity contribution in [1.29, 1.82) is 0 Å². The number of carbonyl (C=O) groups excluding carboxylic acids is 1. The Morgan fingerprint density at radius 2 is 2.15 bits per heavy atom. The molecule has 2 aromatic heterocycles. The quantitative estimate of drug-likeness (QED) is 0.935. The zero-order valence-corrected chi connectivity index (χ0v) is 11.8. The number of nitrogens with zero attached hydrogens (tertiary/aromatic N) is 1. The van der Waals surface area contributed by atoms with Gasteiger partial charge in [0.05, 0.1) is 23.8 Å². The molecule has 1 aliphatic rings. The van der Waals surface area contributed by atoms with Crippen molar-refractivity contribution in [2.45, 2.75) is 0 Å². The summed E-state index contributed by atoms with van der Waals surface area (Å²) in [7, 11) is 0. The van der Waals surface area contributed by atoms with Crippen LogP contribution < -0.4 is 15.2 Å². The van der Waals surface area contributed by atoms with Crippen LogP contribution in [0.4, 0.5) is 11.5 Å². The van der Waals surface area contributed by atoms with E-state index < -0.39 is 0 Å². The Morgan fingerprint density at radius 3 is 2.80 bits per heavy atom. The molecule has 0 aliphatic carbocycles. The average Bonchev–Trinajstić information content (AvgIpc) is 3.03. The van der Waals surface area contributed by atoms with E-state index in [0.717, 1.165) is 37.8 Å². The lowest BCUT2D eigenvalue weighted by molar-refractivity contribution is -0.363. The number of aromatic nitrogens is 1. The lowest BCUT2D eigenvalue weighted by atomic mass is 10.3. The normalized spacial score (nSPS) is 15.1. The van der Waals surface area contributed by atoms with Crippen LogP contribution in [0.5, 0.6) is 0 Å². The van der Waals surface area contributed by atoms with Gasteiger partial charge in [-0.05, 0) is 17.5 Å². The first-order valence-corrected chi connectivity index (χ1v) is 7.40. The molecule has 1 saturated heterocycles. The molecule has 0 radical (unpaired) electrons. The summed E-state index contributed by atoms with van der Waals surface area (Å²) in [6.07, 6.45) is 1.82. The molecule has 20 heavy (non-hydrogen) atoms. The molecular weight excluding hydrogens is 274 g/mol. The number of hydrogen-bond acceptors (Lipinski definition) is 4. The summed E-state index contributed by atoms with van der Waals surface area (Å²) in [6, 6.07) is 7.57. The maximum atomic E-state index is 11.9. The van der Waals surface area contributed by atoms with E-state index in [1.54, 1.807) is 0 Å². The number of H-pyrrole nitrogens is 1. The topological polar surface area (TPSA) is 55.7 Å². The Balaban J connectivity index is 1.65. The predicted octanol–water partition coefficient (Wildman–Crippen LogP) is 1.65. The van der Waals surface area contributed by atoms with Crippen molar-refractivity contribution in [3.8, 4) is 0 Å². The smallest absolute Gasteiger partial charge is 0.274 e. The highest BCUT2D eigenvalue weighted by Crippen LogP contribution is 2.14. The van der Waals surface area contributed by atoms with Crippen molar-refractivity contribution in [2.24, 2.45) is 0 Å². The molecule has 2 N–H and O–H groups in total. The standard InChI is InChI=1S/C14H15N3O2S/c18-14(12-2-1-9-20-12)16-11-3-4-13(15-10-11)17-5-7-19-8-6-17/h1-4,9-10H,5-8H2,(H,16,18)/p+1. The number of rotatable bonds is 3. The number of aromatic amines is 1. The summed E-state index contributed by atoms with van der Waals surface area (Å²) in [4.78, 5) is 18.1. The summed E-state index contributed by atoms with van der Waals surface area (Å²) in [5.41, 5.74) is 0.764. The van der Waals surface area contributed by atoms with Gasteiger partial charge in [0.2, 0.25) is 0 Å². The molecule has 1 amide bonds. The van der Waals surface area contributed by atoms with Crippen LogP contribution in [0.1, 0.15) is 9.67 Å². The van der Waals surface area contributed by atoms with E-state index in [2.05, 4.69) is 15.2 Å². The van der Waals surface area contributed by atoms with Crippen molar-refractivity contribution in [3.05, 3.63) is 40.7 Å². The first-order chi connectivity index (χ1) is 9.83. The Kier molecular flexibility index (Phi) is 3.94. The maximum Gasteiger partial charge on any atom is 0.274 e. The molecule has 104 valence electrons. The van der Waals surface area contributed by atoms with Crippen LogP contribution in [0, 0.1) is 0 Å². The number of ether oxygens (including phenoxy) is 1. The monoisotopic (exact) mass is 290 g/mol. The largest absolute Gasteiger partial charge is 0.373 e. The summed E-state index contributed by atoms with van der Waals surface area (Å²) in [6.45, 7) is 3.28. The number of nitrogens with one attached hydrogen (secondary N) is 2. The fourth-order valence-electron chi connectivity index (χ4n) is 2.10.